The van der Waals surface area contributed by atoms with Crippen LogP contribution in [0.15, 0.2) is 29.3 Å². The van der Waals surface area contributed by atoms with Gasteiger partial charge in [0, 0.05) is 58.1 Å². The molecule has 2 aliphatic rings. The van der Waals surface area contributed by atoms with Gasteiger partial charge in [0.25, 0.3) is 0 Å². The van der Waals surface area contributed by atoms with Gasteiger partial charge in [0.05, 0.1) is 6.67 Å². The molecule has 0 unspecified atom stereocenters. The molecule has 0 N–H and O–H groups in total. The largest absolute Gasteiger partial charge is 0.347 e. The van der Waals surface area contributed by atoms with Crippen molar-refractivity contribution in [1.82, 2.24) is 29.1 Å². The molecule has 0 aliphatic carbocycles. The van der Waals surface area contributed by atoms with Gasteiger partial charge in [-0.25, -0.2) is 4.79 Å². The minimum absolute atomic E-state index is 0.0658. The highest BCUT2D eigenvalue weighted by molar-refractivity contribution is 5.09. The predicted octanol–water partition coefficient (Wildman–Crippen LogP) is 0.941. The van der Waals surface area contributed by atoms with E-state index in [0.29, 0.717) is 6.67 Å². The lowest BCUT2D eigenvalue weighted by Gasteiger charge is -2.34. The van der Waals surface area contributed by atoms with Crippen LogP contribution in [0.1, 0.15) is 30.7 Å². The van der Waals surface area contributed by atoms with Gasteiger partial charge in [0.2, 0.25) is 0 Å². The molecule has 4 heterocycles. The van der Waals surface area contributed by atoms with Gasteiger partial charge in [0.15, 0.2) is 0 Å². The van der Waals surface area contributed by atoms with Crippen molar-refractivity contribution in [3.8, 4) is 0 Å². The van der Waals surface area contributed by atoms with Crippen molar-refractivity contribution in [2.45, 2.75) is 45.4 Å². The summed E-state index contributed by atoms with van der Waals surface area (Å²) < 4.78 is 3.55. The third-order valence-corrected chi connectivity index (χ3v) is 5.24. The molecule has 4 rings (SSSR count). The maximum atomic E-state index is 12.6. The molecule has 0 spiro atoms. The maximum Gasteiger partial charge on any atom is 0.347 e. The molecule has 0 bridgehead atoms. The highest BCUT2D eigenvalue weighted by Crippen LogP contribution is 2.11. The Morgan fingerprint density at radius 3 is 2.48 bits per heavy atom. The van der Waals surface area contributed by atoms with Gasteiger partial charge in [0.1, 0.15) is 5.82 Å². The number of aryl methyl sites for hydroxylation is 1. The first-order chi connectivity index (χ1) is 12.3. The predicted molar refractivity (Wildman–Crippen MR) is 95.1 cm³/mol. The molecule has 7 nitrogen and oxygen atoms in total. The molecular formula is C18H26N6O. The number of aromatic nitrogens is 4. The van der Waals surface area contributed by atoms with Gasteiger partial charge in [-0.1, -0.05) is 6.42 Å². The van der Waals surface area contributed by atoms with Crippen molar-refractivity contribution in [3.63, 3.8) is 0 Å². The third-order valence-electron chi connectivity index (χ3n) is 5.24. The lowest BCUT2D eigenvalue weighted by Crippen LogP contribution is -2.47. The first-order valence-corrected chi connectivity index (χ1v) is 9.30. The Hall–Kier alpha value is -1.99. The van der Waals surface area contributed by atoms with Crippen LogP contribution in [0.5, 0.6) is 0 Å². The first-order valence-electron chi connectivity index (χ1n) is 9.30. The number of hydrogen-bond acceptors (Lipinski definition) is 5. The summed E-state index contributed by atoms with van der Waals surface area (Å²) in [5.41, 5.74) is 1.37. The fourth-order valence-corrected chi connectivity index (χ4v) is 3.74. The van der Waals surface area contributed by atoms with Crippen molar-refractivity contribution in [2.75, 3.05) is 26.2 Å². The van der Waals surface area contributed by atoms with Gasteiger partial charge in [-0.05, 0) is 30.5 Å². The summed E-state index contributed by atoms with van der Waals surface area (Å²) in [5, 5.41) is 4.60. The Balaban J connectivity index is 1.34. The second kappa shape index (κ2) is 7.49. The minimum Gasteiger partial charge on any atom is -0.297 e. The summed E-state index contributed by atoms with van der Waals surface area (Å²) in [6, 6.07) is 4.15. The van der Waals surface area contributed by atoms with Crippen LogP contribution >= 0.6 is 0 Å². The Labute approximate surface area is 147 Å². The van der Waals surface area contributed by atoms with E-state index in [1.165, 1.54) is 12.0 Å². The number of piperazine rings is 1. The van der Waals surface area contributed by atoms with E-state index < -0.39 is 0 Å². The van der Waals surface area contributed by atoms with Crippen LogP contribution in [0.3, 0.4) is 0 Å². The number of nitrogens with zero attached hydrogens (tertiary/aromatic N) is 6. The van der Waals surface area contributed by atoms with Gasteiger partial charge in [-0.3, -0.25) is 19.4 Å². The van der Waals surface area contributed by atoms with Crippen LogP contribution in [0.4, 0.5) is 0 Å². The zero-order chi connectivity index (χ0) is 17.1. The fourth-order valence-electron chi connectivity index (χ4n) is 3.74. The molecule has 0 aromatic carbocycles. The zero-order valence-electron chi connectivity index (χ0n) is 14.7. The molecule has 1 fully saturated rings. The average molecular weight is 342 g/mol. The van der Waals surface area contributed by atoms with E-state index in [-0.39, 0.29) is 5.69 Å². The van der Waals surface area contributed by atoms with Gasteiger partial charge in [-0.2, -0.15) is 9.78 Å². The summed E-state index contributed by atoms with van der Waals surface area (Å²) >= 11 is 0. The summed E-state index contributed by atoms with van der Waals surface area (Å²) in [5.74, 6) is 0.971. The van der Waals surface area contributed by atoms with E-state index in [2.05, 4.69) is 32.0 Å². The Kier molecular flexibility index (Phi) is 4.94. The van der Waals surface area contributed by atoms with E-state index in [9.17, 15) is 4.79 Å². The smallest absolute Gasteiger partial charge is 0.297 e. The van der Waals surface area contributed by atoms with Crippen LogP contribution < -0.4 is 5.69 Å². The highest BCUT2D eigenvalue weighted by Gasteiger charge is 2.20. The topological polar surface area (TPSA) is 59.2 Å². The van der Waals surface area contributed by atoms with E-state index in [4.69, 9.17) is 0 Å². The van der Waals surface area contributed by atoms with E-state index in [1.54, 1.807) is 4.68 Å². The van der Waals surface area contributed by atoms with Crippen molar-refractivity contribution < 1.29 is 0 Å². The standard InChI is InChI=1S/C18H26N6O/c25-18-23-9-3-1-2-4-17(23)20-24(18)15-22-12-10-21(11-13-22)14-16-5-7-19-8-6-16/h5-8H,1-4,9-15H2. The second-order valence-corrected chi connectivity index (χ2v) is 7.05. The van der Waals surface area contributed by atoms with Crippen molar-refractivity contribution in [1.29, 1.82) is 0 Å². The molecule has 0 radical (unpaired) electrons. The van der Waals surface area contributed by atoms with Crippen LogP contribution in [0.25, 0.3) is 0 Å². The Morgan fingerprint density at radius 2 is 1.68 bits per heavy atom. The summed E-state index contributed by atoms with van der Waals surface area (Å²) in [7, 11) is 0. The van der Waals surface area contributed by atoms with Gasteiger partial charge < -0.3 is 0 Å². The van der Waals surface area contributed by atoms with Crippen LogP contribution in [-0.2, 0) is 26.2 Å². The monoisotopic (exact) mass is 342 g/mol. The molecular weight excluding hydrogens is 316 g/mol. The Bertz CT molecular complexity index is 745. The number of fused-ring (bicyclic) bond motifs is 1. The van der Waals surface area contributed by atoms with Gasteiger partial charge >= 0.3 is 5.69 Å². The summed E-state index contributed by atoms with van der Waals surface area (Å²) in [6.07, 6.45) is 8.06. The molecule has 7 heteroatoms. The Morgan fingerprint density at radius 1 is 0.920 bits per heavy atom. The molecule has 0 amide bonds. The highest BCUT2D eigenvalue weighted by atomic mass is 16.2. The third kappa shape index (κ3) is 3.82. The van der Waals surface area contributed by atoms with E-state index in [1.807, 2.05) is 17.0 Å². The number of hydrogen-bond donors (Lipinski definition) is 0. The number of rotatable bonds is 4. The van der Waals surface area contributed by atoms with Crippen LogP contribution in [0, 0.1) is 0 Å². The molecule has 0 saturated carbocycles. The summed E-state index contributed by atoms with van der Waals surface area (Å²) in [4.78, 5) is 21.4. The zero-order valence-corrected chi connectivity index (χ0v) is 14.7. The van der Waals surface area contributed by atoms with Gasteiger partial charge in [-0.15, -0.1) is 0 Å². The van der Waals surface area contributed by atoms with Crippen LogP contribution in [-0.4, -0.2) is 55.3 Å². The average Bonchev–Trinajstić information content (AvgIpc) is 2.81. The SMILES string of the molecule is O=c1n(CN2CCN(Cc3ccncc3)CC2)nc2n1CCCCC2. The minimum atomic E-state index is 0.0658. The maximum absolute atomic E-state index is 12.6. The fraction of sp³-hybridized carbons (Fsp3) is 0.611. The first kappa shape index (κ1) is 16.5. The quantitative estimate of drug-likeness (QED) is 0.828. The lowest BCUT2D eigenvalue weighted by atomic mass is 10.2. The second-order valence-electron chi connectivity index (χ2n) is 7.05. The van der Waals surface area contributed by atoms with Crippen molar-refractivity contribution in [2.24, 2.45) is 0 Å². The summed E-state index contributed by atoms with van der Waals surface area (Å²) in [6.45, 7) is 6.39. The molecule has 2 aromatic rings. The molecule has 25 heavy (non-hydrogen) atoms. The normalized spacial score (nSPS) is 19.5. The molecule has 134 valence electrons. The van der Waals surface area contributed by atoms with Crippen molar-refractivity contribution in [3.05, 3.63) is 46.4 Å². The molecule has 0 atom stereocenters. The molecule has 2 aliphatic heterocycles. The van der Waals surface area contributed by atoms with E-state index >= 15 is 0 Å². The van der Waals surface area contributed by atoms with Crippen molar-refractivity contribution >= 4 is 0 Å². The van der Waals surface area contributed by atoms with E-state index in [0.717, 1.165) is 64.4 Å². The lowest BCUT2D eigenvalue weighted by molar-refractivity contribution is 0.0971. The molecule has 2 aromatic heterocycles. The molecule has 1 saturated heterocycles. The number of pyridine rings is 1. The van der Waals surface area contributed by atoms with Crippen LogP contribution in [0.2, 0.25) is 0 Å².